The highest BCUT2D eigenvalue weighted by atomic mass is 79.9. The molecule has 0 spiro atoms. The van der Waals surface area contributed by atoms with Gasteiger partial charge in [-0.25, -0.2) is 4.39 Å². The molecule has 1 aromatic rings. The van der Waals surface area contributed by atoms with Crippen LogP contribution in [-0.2, 0) is 4.79 Å². The van der Waals surface area contributed by atoms with E-state index in [1.165, 1.54) is 6.07 Å². The first kappa shape index (κ1) is 11.7. The molecule has 0 N–H and O–H groups in total. The molecule has 1 aromatic carbocycles. The summed E-state index contributed by atoms with van der Waals surface area (Å²) in [5, 5.41) is 0.347. The lowest BCUT2D eigenvalue weighted by Gasteiger charge is -2.12. The number of carbonyl (C=O) groups excluding carboxylic acids is 1. The fourth-order valence-electron chi connectivity index (χ4n) is 1.26. The number of benzene rings is 1. The summed E-state index contributed by atoms with van der Waals surface area (Å²) in [5.41, 5.74) is 0.396. The van der Waals surface area contributed by atoms with Gasteiger partial charge in [-0.05, 0) is 34.0 Å². The number of aldehydes is 1. The number of carbonyl (C=O) groups is 1. The lowest BCUT2D eigenvalue weighted by Crippen LogP contribution is -1.99. The van der Waals surface area contributed by atoms with Crippen molar-refractivity contribution in [3.05, 3.63) is 33.0 Å². The van der Waals surface area contributed by atoms with Crippen LogP contribution >= 0.6 is 27.5 Å². The molecule has 0 aliphatic carbocycles. The second kappa shape index (κ2) is 4.89. The second-order valence-corrected chi connectivity index (χ2v) is 4.29. The molecule has 0 heterocycles. The average Bonchev–Trinajstić information content (AvgIpc) is 2.13. The SMILES string of the molecule is CC(CC=O)c1c(F)ccc(Br)c1Cl. The number of hydrogen-bond acceptors (Lipinski definition) is 1. The van der Waals surface area contributed by atoms with E-state index in [2.05, 4.69) is 15.9 Å². The van der Waals surface area contributed by atoms with Crippen molar-refractivity contribution in [1.29, 1.82) is 0 Å². The minimum absolute atomic E-state index is 0.197. The standard InChI is InChI=1S/C10H9BrClFO/c1-6(4-5-14)9-8(13)3-2-7(11)10(9)12/h2-3,5-6H,4H2,1H3. The summed E-state index contributed by atoms with van der Waals surface area (Å²) in [6.45, 7) is 1.77. The van der Waals surface area contributed by atoms with Gasteiger partial charge in [0.15, 0.2) is 0 Å². The number of halogens is 3. The van der Waals surface area contributed by atoms with Gasteiger partial charge in [0.25, 0.3) is 0 Å². The van der Waals surface area contributed by atoms with E-state index in [1.807, 2.05) is 0 Å². The fourth-order valence-corrected chi connectivity index (χ4v) is 1.94. The Labute approximate surface area is 95.4 Å². The Hall–Kier alpha value is -0.410. The van der Waals surface area contributed by atoms with E-state index >= 15 is 0 Å². The van der Waals surface area contributed by atoms with Crippen LogP contribution in [0.5, 0.6) is 0 Å². The first-order chi connectivity index (χ1) is 6.57. The summed E-state index contributed by atoms with van der Waals surface area (Å²) >= 11 is 9.14. The van der Waals surface area contributed by atoms with Gasteiger partial charge in [0.1, 0.15) is 12.1 Å². The zero-order chi connectivity index (χ0) is 10.7. The molecule has 14 heavy (non-hydrogen) atoms. The fraction of sp³-hybridized carbons (Fsp3) is 0.300. The van der Waals surface area contributed by atoms with Crippen LogP contribution in [0.4, 0.5) is 4.39 Å². The predicted octanol–water partition coefficient (Wildman–Crippen LogP) is 3.93. The van der Waals surface area contributed by atoms with Crippen molar-refractivity contribution in [2.45, 2.75) is 19.3 Å². The van der Waals surface area contributed by atoms with Crippen LogP contribution in [0.3, 0.4) is 0 Å². The zero-order valence-corrected chi connectivity index (χ0v) is 9.90. The molecule has 0 aromatic heterocycles. The Balaban J connectivity index is 3.17. The van der Waals surface area contributed by atoms with E-state index in [-0.39, 0.29) is 18.2 Å². The third-order valence-corrected chi connectivity index (χ3v) is 3.32. The normalized spacial score (nSPS) is 12.6. The highest BCUT2D eigenvalue weighted by Gasteiger charge is 2.16. The van der Waals surface area contributed by atoms with E-state index in [1.54, 1.807) is 13.0 Å². The molecular weight excluding hydrogens is 270 g/mol. The van der Waals surface area contributed by atoms with Crippen LogP contribution in [0.25, 0.3) is 0 Å². The third kappa shape index (κ3) is 2.34. The van der Waals surface area contributed by atoms with Crippen molar-refractivity contribution in [2.24, 2.45) is 0 Å². The molecule has 1 unspecified atom stereocenters. The molecule has 0 bridgehead atoms. The van der Waals surface area contributed by atoms with Crippen molar-refractivity contribution in [2.75, 3.05) is 0 Å². The molecule has 0 aliphatic heterocycles. The molecule has 76 valence electrons. The van der Waals surface area contributed by atoms with Gasteiger partial charge in [0.2, 0.25) is 0 Å². The Morgan fingerprint density at radius 3 is 2.86 bits per heavy atom. The number of hydrogen-bond donors (Lipinski definition) is 0. The van der Waals surface area contributed by atoms with Crippen molar-refractivity contribution < 1.29 is 9.18 Å². The largest absolute Gasteiger partial charge is 0.303 e. The molecule has 1 atom stereocenters. The van der Waals surface area contributed by atoms with Crippen molar-refractivity contribution >= 4 is 33.8 Å². The lowest BCUT2D eigenvalue weighted by atomic mass is 9.98. The van der Waals surface area contributed by atoms with Crippen LogP contribution in [0.1, 0.15) is 24.8 Å². The van der Waals surface area contributed by atoms with Crippen LogP contribution < -0.4 is 0 Å². The van der Waals surface area contributed by atoms with Gasteiger partial charge < -0.3 is 4.79 Å². The van der Waals surface area contributed by atoms with E-state index < -0.39 is 0 Å². The van der Waals surface area contributed by atoms with Gasteiger partial charge in [0.05, 0.1) is 5.02 Å². The first-order valence-corrected chi connectivity index (χ1v) is 5.32. The summed E-state index contributed by atoms with van der Waals surface area (Å²) in [6, 6.07) is 2.89. The summed E-state index contributed by atoms with van der Waals surface area (Å²) in [5.74, 6) is -0.565. The Bertz CT molecular complexity index is 354. The Kier molecular flexibility index (Phi) is 4.08. The van der Waals surface area contributed by atoms with E-state index in [0.717, 1.165) is 6.29 Å². The Morgan fingerprint density at radius 1 is 1.64 bits per heavy atom. The quantitative estimate of drug-likeness (QED) is 0.605. The van der Waals surface area contributed by atoms with Crippen LogP contribution in [0.2, 0.25) is 5.02 Å². The molecule has 1 rings (SSSR count). The van der Waals surface area contributed by atoms with Crippen molar-refractivity contribution in [3.63, 3.8) is 0 Å². The maximum Gasteiger partial charge on any atom is 0.128 e. The van der Waals surface area contributed by atoms with E-state index in [4.69, 9.17) is 11.6 Å². The predicted molar refractivity (Wildman–Crippen MR) is 58.2 cm³/mol. The molecule has 0 radical (unpaired) electrons. The molecule has 0 saturated heterocycles. The second-order valence-electron chi connectivity index (χ2n) is 3.06. The summed E-state index contributed by atoms with van der Waals surface area (Å²) in [6.07, 6.45) is 1.04. The topological polar surface area (TPSA) is 17.1 Å². The summed E-state index contributed by atoms with van der Waals surface area (Å²) in [4.78, 5) is 10.3. The van der Waals surface area contributed by atoms with Crippen LogP contribution in [-0.4, -0.2) is 6.29 Å². The van der Waals surface area contributed by atoms with Gasteiger partial charge in [-0.15, -0.1) is 0 Å². The van der Waals surface area contributed by atoms with Gasteiger partial charge >= 0.3 is 0 Å². The highest BCUT2D eigenvalue weighted by Crippen LogP contribution is 2.34. The van der Waals surface area contributed by atoms with Crippen LogP contribution in [0.15, 0.2) is 16.6 Å². The highest BCUT2D eigenvalue weighted by molar-refractivity contribution is 9.10. The zero-order valence-electron chi connectivity index (χ0n) is 7.56. The minimum Gasteiger partial charge on any atom is -0.303 e. The van der Waals surface area contributed by atoms with E-state index in [9.17, 15) is 9.18 Å². The average molecular weight is 280 g/mol. The van der Waals surface area contributed by atoms with Crippen LogP contribution in [0, 0.1) is 5.82 Å². The monoisotopic (exact) mass is 278 g/mol. The molecule has 0 fully saturated rings. The maximum atomic E-state index is 13.4. The smallest absolute Gasteiger partial charge is 0.128 e. The minimum atomic E-state index is -0.368. The molecule has 0 saturated carbocycles. The van der Waals surface area contributed by atoms with Gasteiger partial charge in [0, 0.05) is 16.5 Å². The maximum absolute atomic E-state index is 13.4. The van der Waals surface area contributed by atoms with Crippen molar-refractivity contribution in [1.82, 2.24) is 0 Å². The molecule has 0 amide bonds. The van der Waals surface area contributed by atoms with E-state index in [0.29, 0.717) is 15.1 Å². The summed E-state index contributed by atoms with van der Waals surface area (Å²) < 4.78 is 14.0. The Morgan fingerprint density at radius 2 is 2.29 bits per heavy atom. The summed E-state index contributed by atoms with van der Waals surface area (Å²) in [7, 11) is 0. The van der Waals surface area contributed by atoms with Gasteiger partial charge in [-0.2, -0.15) is 0 Å². The molecular formula is C10H9BrClFO. The first-order valence-electron chi connectivity index (χ1n) is 4.15. The lowest BCUT2D eigenvalue weighted by molar-refractivity contribution is -0.108. The molecule has 1 nitrogen and oxygen atoms in total. The molecule has 0 aliphatic rings. The number of rotatable bonds is 3. The third-order valence-electron chi connectivity index (χ3n) is 2.02. The van der Waals surface area contributed by atoms with Gasteiger partial charge in [-0.3, -0.25) is 0 Å². The van der Waals surface area contributed by atoms with Gasteiger partial charge in [-0.1, -0.05) is 18.5 Å². The van der Waals surface area contributed by atoms with Crippen molar-refractivity contribution in [3.8, 4) is 0 Å². The molecule has 4 heteroatoms.